The zero-order valence-corrected chi connectivity index (χ0v) is 13.3. The third kappa shape index (κ3) is 2.87. The molecule has 0 saturated heterocycles. The maximum absolute atomic E-state index is 13.8. The molecule has 1 heterocycles. The van der Waals surface area contributed by atoms with Crippen LogP contribution in [0.15, 0.2) is 35.2 Å². The molecule has 0 radical (unpaired) electrons. The number of nitrogens with zero attached hydrogens (tertiary/aromatic N) is 1. The van der Waals surface area contributed by atoms with E-state index in [9.17, 15) is 30.9 Å². The number of ether oxygens (including phenoxy) is 1. The van der Waals surface area contributed by atoms with Crippen LogP contribution in [0.25, 0.3) is 0 Å². The van der Waals surface area contributed by atoms with Crippen LogP contribution in [0.1, 0.15) is 29.3 Å². The van der Waals surface area contributed by atoms with Crippen LogP contribution in [-0.4, -0.2) is 9.81 Å². The summed E-state index contributed by atoms with van der Waals surface area (Å²) in [5, 5.41) is 4.44. The van der Waals surface area contributed by atoms with Crippen molar-refractivity contribution in [3.05, 3.63) is 52.8 Å². The molecule has 1 aliphatic heterocycles. The summed E-state index contributed by atoms with van der Waals surface area (Å²) < 4.78 is 98.3. The van der Waals surface area contributed by atoms with E-state index in [0.29, 0.717) is 0 Å². The summed E-state index contributed by atoms with van der Waals surface area (Å²) in [5.74, 6) is -1.93. The van der Waals surface area contributed by atoms with Crippen molar-refractivity contribution < 1.29 is 35.6 Å². The summed E-state index contributed by atoms with van der Waals surface area (Å²) in [6, 6.07) is 5.90. The van der Waals surface area contributed by atoms with Crippen LogP contribution in [0.3, 0.4) is 0 Å². The first kappa shape index (κ1) is 18.4. The van der Waals surface area contributed by atoms with Crippen LogP contribution in [0.2, 0.25) is 0 Å². The maximum Gasteiger partial charge on any atom is 0.447 e. The summed E-state index contributed by atoms with van der Waals surface area (Å²) in [5.41, 5.74) is -2.14. The van der Waals surface area contributed by atoms with Gasteiger partial charge in [0, 0.05) is 6.07 Å². The van der Waals surface area contributed by atoms with Gasteiger partial charge in [-0.15, -0.1) is 0 Å². The van der Waals surface area contributed by atoms with E-state index in [0.717, 1.165) is 30.3 Å². The van der Waals surface area contributed by atoms with E-state index < -0.39 is 56.6 Å². The van der Waals surface area contributed by atoms with Crippen molar-refractivity contribution >= 4 is 11.2 Å². The van der Waals surface area contributed by atoms with Crippen LogP contribution >= 0.6 is 0 Å². The van der Waals surface area contributed by atoms with Gasteiger partial charge in [-0.05, 0) is 24.3 Å². The molecule has 26 heavy (non-hydrogen) atoms. The Kier molecular flexibility index (Phi) is 4.54. The van der Waals surface area contributed by atoms with Crippen LogP contribution in [0, 0.1) is 17.1 Å². The Morgan fingerprint density at radius 3 is 2.54 bits per heavy atom. The molecule has 3 rings (SSSR count). The maximum atomic E-state index is 13.8. The molecule has 0 bridgehead atoms. The van der Waals surface area contributed by atoms with Crippen molar-refractivity contribution in [2.75, 3.05) is 0 Å². The molecule has 2 aromatic rings. The first-order valence-corrected chi connectivity index (χ1v) is 8.09. The Balaban J connectivity index is 2.13. The highest BCUT2D eigenvalue weighted by atomic mass is 32.2. The number of nitriles is 1. The van der Waals surface area contributed by atoms with Crippen LogP contribution in [0.5, 0.6) is 11.5 Å². The summed E-state index contributed by atoms with van der Waals surface area (Å²) in [6.45, 7) is 0. The van der Waals surface area contributed by atoms with Gasteiger partial charge >= 0.3 is 5.25 Å². The smallest absolute Gasteiger partial charge is 0.447 e. The summed E-state index contributed by atoms with van der Waals surface area (Å²) in [4.78, 5) is -1.04. The van der Waals surface area contributed by atoms with Gasteiger partial charge in [0.05, 0.1) is 28.4 Å². The van der Waals surface area contributed by atoms with Gasteiger partial charge in [0.1, 0.15) is 22.9 Å². The Morgan fingerprint density at radius 2 is 1.92 bits per heavy atom. The third-order valence-electron chi connectivity index (χ3n) is 3.63. The number of hydrogen-bond donors (Lipinski definition) is 0. The predicted molar refractivity (Wildman–Crippen MR) is 77.8 cm³/mol. The zero-order chi connectivity index (χ0) is 19.2. The van der Waals surface area contributed by atoms with Gasteiger partial charge in [0.15, 0.2) is 4.90 Å². The number of benzene rings is 2. The monoisotopic (exact) mass is 391 g/mol. The number of alkyl halides is 5. The third-order valence-corrected chi connectivity index (χ3v) is 5.16. The van der Waals surface area contributed by atoms with Crippen LogP contribution in [-0.2, 0) is 11.2 Å². The van der Waals surface area contributed by atoms with Crippen molar-refractivity contribution in [1.29, 1.82) is 5.26 Å². The first-order valence-electron chi connectivity index (χ1n) is 6.94. The van der Waals surface area contributed by atoms with E-state index >= 15 is 0 Å². The lowest BCUT2D eigenvalue weighted by molar-refractivity contribution is 0.0102. The minimum atomic E-state index is -4.35. The molecule has 3 nitrogen and oxygen atoms in total. The van der Waals surface area contributed by atoms with Gasteiger partial charge < -0.3 is 9.29 Å². The number of hydrogen-bond acceptors (Lipinski definition) is 3. The van der Waals surface area contributed by atoms with Gasteiger partial charge in [-0.1, -0.05) is 0 Å². The SMILES string of the molecule is N#Cc1cc(F)cc(Oc2ccc3c(c2C(F)F)[S@@+]([O-])C(F)(F)[C@@H]3F)c1. The van der Waals surface area contributed by atoms with Crippen molar-refractivity contribution in [1.82, 2.24) is 0 Å². The molecule has 0 fully saturated rings. The molecule has 0 unspecified atom stereocenters. The fourth-order valence-corrected chi connectivity index (χ4v) is 3.89. The topological polar surface area (TPSA) is 56.1 Å². The van der Waals surface area contributed by atoms with Crippen LogP contribution in [0.4, 0.5) is 26.3 Å². The summed E-state index contributed by atoms with van der Waals surface area (Å²) >= 11 is -3.34. The molecule has 0 amide bonds. The van der Waals surface area contributed by atoms with Gasteiger partial charge in [-0.2, -0.15) is 14.0 Å². The highest BCUT2D eigenvalue weighted by molar-refractivity contribution is 7.93. The molecule has 0 aliphatic carbocycles. The minimum absolute atomic E-state index is 0.168. The fourth-order valence-electron chi connectivity index (χ4n) is 2.52. The molecule has 2 atom stereocenters. The van der Waals surface area contributed by atoms with E-state index in [1.165, 1.54) is 0 Å². The predicted octanol–water partition coefficient (Wildman–Crippen LogP) is 5.15. The van der Waals surface area contributed by atoms with Crippen molar-refractivity contribution in [2.24, 2.45) is 0 Å². The van der Waals surface area contributed by atoms with Crippen molar-refractivity contribution in [3.8, 4) is 17.6 Å². The van der Waals surface area contributed by atoms with E-state index in [2.05, 4.69) is 0 Å². The zero-order valence-electron chi connectivity index (χ0n) is 12.5. The largest absolute Gasteiger partial charge is 0.607 e. The minimum Gasteiger partial charge on any atom is -0.607 e. The molecule has 0 N–H and O–H groups in total. The molecule has 136 valence electrons. The second-order valence-corrected chi connectivity index (χ2v) is 6.77. The van der Waals surface area contributed by atoms with E-state index in [4.69, 9.17) is 10.00 Å². The van der Waals surface area contributed by atoms with E-state index in [1.54, 1.807) is 6.07 Å². The Labute approximate surface area is 146 Å². The lowest BCUT2D eigenvalue weighted by Crippen LogP contribution is -2.27. The molecule has 1 aliphatic rings. The lowest BCUT2D eigenvalue weighted by atomic mass is 10.1. The summed E-state index contributed by atoms with van der Waals surface area (Å²) in [7, 11) is 0. The standard InChI is InChI=1S/C16H7F6NO2S/c17-8-3-7(6-23)4-9(5-8)25-11-2-1-10-13(12(11)15(19)20)26(24)16(21,22)14(10)18/h1-5,14-15H/t14-,26-/m1/s1. The van der Waals surface area contributed by atoms with Gasteiger partial charge in [0.25, 0.3) is 6.43 Å². The molecule has 0 spiro atoms. The van der Waals surface area contributed by atoms with Crippen molar-refractivity contribution in [2.45, 2.75) is 22.7 Å². The fraction of sp³-hybridized carbons (Fsp3) is 0.188. The molecule has 0 saturated carbocycles. The van der Waals surface area contributed by atoms with Crippen LogP contribution < -0.4 is 4.74 Å². The normalized spacial score (nSPS) is 20.7. The Bertz CT molecular complexity index is 914. The average Bonchev–Trinajstić information content (AvgIpc) is 2.74. The quantitative estimate of drug-likeness (QED) is 0.537. The molecular formula is C16H7F6NO2S. The van der Waals surface area contributed by atoms with E-state index in [-0.39, 0.29) is 11.3 Å². The Morgan fingerprint density at radius 1 is 1.23 bits per heavy atom. The highest BCUT2D eigenvalue weighted by Crippen LogP contribution is 2.55. The number of halogens is 6. The lowest BCUT2D eigenvalue weighted by Gasteiger charge is -2.16. The molecular weight excluding hydrogens is 384 g/mol. The molecule has 10 heteroatoms. The van der Waals surface area contributed by atoms with Gasteiger partial charge in [-0.25, -0.2) is 17.6 Å². The molecule has 0 aromatic heterocycles. The second kappa shape index (κ2) is 6.41. The van der Waals surface area contributed by atoms with E-state index in [1.807, 2.05) is 0 Å². The first-order chi connectivity index (χ1) is 12.2. The summed E-state index contributed by atoms with van der Waals surface area (Å²) in [6.07, 6.45) is -6.40. The van der Waals surface area contributed by atoms with Crippen molar-refractivity contribution in [3.63, 3.8) is 0 Å². The Hall–Kier alpha value is -2.38. The van der Waals surface area contributed by atoms with Gasteiger partial charge in [-0.3, -0.25) is 0 Å². The second-order valence-electron chi connectivity index (χ2n) is 5.28. The number of rotatable bonds is 3. The molecule has 2 aromatic carbocycles. The van der Waals surface area contributed by atoms with Gasteiger partial charge in [0.2, 0.25) is 6.17 Å². The average molecular weight is 391 g/mol. The highest BCUT2D eigenvalue weighted by Gasteiger charge is 2.63. The number of fused-ring (bicyclic) bond motifs is 1.